The molecule has 0 atom stereocenters. The van der Waals surface area contributed by atoms with Gasteiger partial charge in [-0.05, 0) is 52.5 Å². The Bertz CT molecular complexity index is 1480. The topological polar surface area (TPSA) is 103 Å². The third-order valence-corrected chi connectivity index (χ3v) is 6.84. The van der Waals surface area contributed by atoms with Gasteiger partial charge in [0.2, 0.25) is 0 Å². The monoisotopic (exact) mass is 561 g/mol. The van der Waals surface area contributed by atoms with E-state index in [1.807, 2.05) is 23.9 Å². The maximum absolute atomic E-state index is 14.4. The number of aliphatic hydroxyl groups is 1. The van der Waals surface area contributed by atoms with E-state index in [0.29, 0.717) is 56.4 Å². The first-order chi connectivity index (χ1) is 18.9. The van der Waals surface area contributed by atoms with Crippen molar-refractivity contribution < 1.29 is 27.4 Å². The summed E-state index contributed by atoms with van der Waals surface area (Å²) in [6.07, 6.45) is 3.16. The number of alkyl halides is 3. The van der Waals surface area contributed by atoms with Crippen molar-refractivity contribution in [3.05, 3.63) is 48.3 Å². The number of nitrogens with one attached hydrogen (secondary N) is 1. The van der Waals surface area contributed by atoms with Crippen molar-refractivity contribution in [3.63, 3.8) is 0 Å². The minimum atomic E-state index is -4.83. The Hall–Kier alpha value is -3.74. The Labute approximate surface area is 228 Å². The lowest BCUT2D eigenvalue weighted by Gasteiger charge is -2.29. The third-order valence-electron chi connectivity index (χ3n) is 6.84. The van der Waals surface area contributed by atoms with Crippen LogP contribution in [0, 0.1) is 5.82 Å². The van der Waals surface area contributed by atoms with Crippen LogP contribution in [0.3, 0.4) is 0 Å². The quantitative estimate of drug-likeness (QED) is 0.270. The number of halogens is 4. The number of aromatic nitrogens is 6. The highest BCUT2D eigenvalue weighted by Gasteiger charge is 2.36. The van der Waals surface area contributed by atoms with Gasteiger partial charge in [0.25, 0.3) is 5.88 Å². The van der Waals surface area contributed by atoms with Crippen LogP contribution in [0.1, 0.15) is 58.1 Å². The van der Waals surface area contributed by atoms with Crippen molar-refractivity contribution in [2.24, 2.45) is 0 Å². The van der Waals surface area contributed by atoms with Crippen LogP contribution in [-0.4, -0.2) is 52.9 Å². The highest BCUT2D eigenvalue weighted by atomic mass is 19.4. The number of nitrogens with zero attached hydrogens (tertiary/aromatic N) is 6. The van der Waals surface area contributed by atoms with Gasteiger partial charge >= 0.3 is 6.18 Å². The fourth-order valence-electron chi connectivity index (χ4n) is 5.06. The van der Waals surface area contributed by atoms with Crippen LogP contribution < -0.4 is 10.1 Å². The predicted octanol–water partition coefficient (Wildman–Crippen LogP) is 5.61. The second-order valence-corrected chi connectivity index (χ2v) is 10.7. The van der Waals surface area contributed by atoms with Crippen molar-refractivity contribution in [2.45, 2.75) is 76.9 Å². The summed E-state index contributed by atoms with van der Waals surface area (Å²) in [7, 11) is 0. The Morgan fingerprint density at radius 1 is 1.12 bits per heavy atom. The summed E-state index contributed by atoms with van der Waals surface area (Å²) in [5.41, 5.74) is 0.0549. The molecule has 40 heavy (non-hydrogen) atoms. The van der Waals surface area contributed by atoms with E-state index < -0.39 is 35.1 Å². The molecule has 0 radical (unpaired) electrons. The number of ether oxygens (including phenoxy) is 1. The van der Waals surface area contributed by atoms with Crippen molar-refractivity contribution >= 4 is 16.7 Å². The first-order valence-corrected chi connectivity index (χ1v) is 13.2. The van der Waals surface area contributed by atoms with E-state index in [1.54, 1.807) is 30.9 Å². The molecular weight excluding hydrogens is 530 g/mol. The number of anilines is 1. The van der Waals surface area contributed by atoms with Crippen molar-refractivity contribution in [1.29, 1.82) is 0 Å². The lowest BCUT2D eigenvalue weighted by atomic mass is 9.93. The van der Waals surface area contributed by atoms with Gasteiger partial charge in [0.15, 0.2) is 5.82 Å². The Balaban J connectivity index is 1.39. The smallest absolute Gasteiger partial charge is 0.419 e. The van der Waals surface area contributed by atoms with E-state index in [9.17, 15) is 22.7 Å². The van der Waals surface area contributed by atoms with Gasteiger partial charge in [0.1, 0.15) is 17.6 Å². The van der Waals surface area contributed by atoms with Gasteiger partial charge in [-0.15, -0.1) is 0 Å². The highest BCUT2D eigenvalue weighted by Crippen LogP contribution is 2.38. The van der Waals surface area contributed by atoms with E-state index in [-0.39, 0.29) is 6.04 Å². The van der Waals surface area contributed by atoms with E-state index in [2.05, 4.69) is 20.4 Å². The third kappa shape index (κ3) is 5.88. The summed E-state index contributed by atoms with van der Waals surface area (Å²) in [6.45, 7) is 6.42. The molecule has 0 aromatic carbocycles. The normalized spacial score (nSPS) is 18.3. The maximum atomic E-state index is 14.4. The van der Waals surface area contributed by atoms with Gasteiger partial charge in [-0.25, -0.2) is 14.4 Å². The van der Waals surface area contributed by atoms with Gasteiger partial charge in [-0.3, -0.25) is 9.36 Å². The second kappa shape index (κ2) is 10.7. The largest absolute Gasteiger partial charge is 0.472 e. The van der Waals surface area contributed by atoms with E-state index >= 15 is 0 Å². The zero-order chi connectivity index (χ0) is 28.7. The molecule has 1 aliphatic rings. The van der Waals surface area contributed by atoms with Crippen LogP contribution in [0.4, 0.5) is 23.4 Å². The minimum absolute atomic E-state index is 0.0151. The molecule has 13 heteroatoms. The molecule has 5 rings (SSSR count). The van der Waals surface area contributed by atoms with Gasteiger partial charge in [-0.2, -0.15) is 23.4 Å². The summed E-state index contributed by atoms with van der Waals surface area (Å²) in [5, 5.41) is 23.6. The van der Waals surface area contributed by atoms with Gasteiger partial charge in [0, 0.05) is 42.2 Å². The molecule has 1 fully saturated rings. The molecule has 4 aromatic rings. The standard InChI is InChI=1S/C27H31F4N7O2/c1-4-32-22-11-21-19(13-34-22)24(16-12-35-37(14-16)15-26(2,3)39)36-38(21)17-5-7-18(8-6-17)40-25-23(28)20(9-10-33-25)27(29,30)31/h9-14,17-18,39H,4-8,15H2,1-3H3,(H,32,34). The average molecular weight is 562 g/mol. The van der Waals surface area contributed by atoms with Crippen molar-refractivity contribution in [2.75, 3.05) is 11.9 Å². The number of hydrogen-bond donors (Lipinski definition) is 2. The number of hydrogen-bond acceptors (Lipinski definition) is 7. The van der Waals surface area contributed by atoms with Gasteiger partial charge in [-0.1, -0.05) is 0 Å². The fourth-order valence-corrected chi connectivity index (χ4v) is 5.06. The minimum Gasteiger partial charge on any atom is -0.472 e. The average Bonchev–Trinajstić information content (AvgIpc) is 3.48. The summed E-state index contributed by atoms with van der Waals surface area (Å²) in [5.74, 6) is -1.41. The number of fused-ring (bicyclic) bond motifs is 1. The lowest BCUT2D eigenvalue weighted by molar-refractivity contribution is -0.140. The number of pyridine rings is 2. The molecule has 4 aromatic heterocycles. The molecule has 214 valence electrons. The molecule has 1 saturated carbocycles. The SMILES string of the molecule is CCNc1cc2c(cn1)c(-c1cnn(CC(C)(C)O)c1)nn2C1CCC(Oc2nccc(C(F)(F)F)c2F)CC1. The molecule has 4 heterocycles. The summed E-state index contributed by atoms with van der Waals surface area (Å²) < 4.78 is 62.9. The zero-order valence-electron chi connectivity index (χ0n) is 22.4. The molecule has 2 N–H and O–H groups in total. The van der Waals surface area contributed by atoms with Crippen LogP contribution >= 0.6 is 0 Å². The summed E-state index contributed by atoms with van der Waals surface area (Å²) in [4.78, 5) is 8.23. The molecule has 0 saturated heterocycles. The second-order valence-electron chi connectivity index (χ2n) is 10.7. The summed E-state index contributed by atoms with van der Waals surface area (Å²) >= 11 is 0. The van der Waals surface area contributed by atoms with Gasteiger partial charge in [0.05, 0.1) is 35.5 Å². The summed E-state index contributed by atoms with van der Waals surface area (Å²) in [6, 6.07) is 2.53. The highest BCUT2D eigenvalue weighted by molar-refractivity contribution is 5.93. The molecule has 0 spiro atoms. The van der Waals surface area contributed by atoms with Crippen molar-refractivity contribution in [3.8, 4) is 17.1 Å². The van der Waals surface area contributed by atoms with E-state index in [4.69, 9.17) is 9.84 Å². The fraction of sp³-hybridized carbons (Fsp3) is 0.481. The first-order valence-electron chi connectivity index (χ1n) is 13.2. The van der Waals surface area contributed by atoms with Gasteiger partial charge < -0.3 is 15.2 Å². The van der Waals surface area contributed by atoms with Crippen LogP contribution in [-0.2, 0) is 12.7 Å². The maximum Gasteiger partial charge on any atom is 0.419 e. The van der Waals surface area contributed by atoms with E-state index in [0.717, 1.165) is 22.7 Å². The molecule has 1 aliphatic carbocycles. The van der Waals surface area contributed by atoms with E-state index in [1.165, 1.54) is 0 Å². The zero-order valence-corrected chi connectivity index (χ0v) is 22.4. The Kier molecular flexibility index (Phi) is 7.42. The number of rotatable bonds is 8. The van der Waals surface area contributed by atoms with Crippen LogP contribution in [0.5, 0.6) is 5.88 Å². The Morgan fingerprint density at radius 2 is 1.88 bits per heavy atom. The molecule has 0 unspecified atom stereocenters. The van der Waals surface area contributed by atoms with Crippen LogP contribution in [0.15, 0.2) is 36.9 Å². The molecule has 9 nitrogen and oxygen atoms in total. The van der Waals surface area contributed by atoms with Crippen molar-refractivity contribution in [1.82, 2.24) is 29.5 Å². The first kappa shape index (κ1) is 27.8. The Morgan fingerprint density at radius 3 is 2.55 bits per heavy atom. The molecule has 0 aliphatic heterocycles. The molecule has 0 bridgehead atoms. The molecular formula is C27H31F4N7O2. The predicted molar refractivity (Wildman–Crippen MR) is 140 cm³/mol. The lowest BCUT2D eigenvalue weighted by Crippen LogP contribution is -2.27. The van der Waals surface area contributed by atoms with Crippen LogP contribution in [0.25, 0.3) is 22.2 Å². The molecule has 0 amide bonds. The van der Waals surface area contributed by atoms with Crippen LogP contribution in [0.2, 0.25) is 0 Å².